The Morgan fingerprint density at radius 1 is 1.21 bits per heavy atom. The standard InChI is InChI=1S/C12H15Cl2N5/c1-6(2)10-17-11(15)18-12(16)19(10)7-3-4-8(13)9(14)5-7/h3-6,10H,1-2H3,(H4,15,16,17,18). The van der Waals surface area contributed by atoms with Gasteiger partial charge in [-0.05, 0) is 24.1 Å². The quantitative estimate of drug-likeness (QED) is 0.880. The molecule has 0 saturated heterocycles. The van der Waals surface area contributed by atoms with Crippen LogP contribution in [0.25, 0.3) is 0 Å². The summed E-state index contributed by atoms with van der Waals surface area (Å²) in [7, 11) is 0. The number of nitrogens with zero attached hydrogens (tertiary/aromatic N) is 3. The molecule has 0 radical (unpaired) electrons. The van der Waals surface area contributed by atoms with Crippen LogP contribution in [0.3, 0.4) is 0 Å². The minimum atomic E-state index is -0.213. The lowest BCUT2D eigenvalue weighted by Gasteiger charge is -2.34. The second kappa shape index (κ2) is 5.27. The predicted octanol–water partition coefficient (Wildman–Crippen LogP) is 2.42. The van der Waals surface area contributed by atoms with E-state index in [1.54, 1.807) is 17.0 Å². The zero-order valence-corrected chi connectivity index (χ0v) is 12.2. The summed E-state index contributed by atoms with van der Waals surface area (Å²) in [4.78, 5) is 10.1. The Labute approximate surface area is 121 Å². The molecule has 102 valence electrons. The predicted molar refractivity (Wildman–Crippen MR) is 80.8 cm³/mol. The van der Waals surface area contributed by atoms with Crippen molar-refractivity contribution in [2.45, 2.75) is 20.0 Å². The first kappa shape index (κ1) is 14.0. The number of hydrogen-bond donors (Lipinski definition) is 2. The first-order valence-corrected chi connectivity index (χ1v) is 6.57. The number of rotatable bonds is 2. The molecule has 1 heterocycles. The summed E-state index contributed by atoms with van der Waals surface area (Å²) in [5.41, 5.74) is 12.4. The highest BCUT2D eigenvalue weighted by Gasteiger charge is 2.28. The topological polar surface area (TPSA) is 80.0 Å². The molecule has 1 aliphatic heterocycles. The van der Waals surface area contributed by atoms with E-state index in [0.717, 1.165) is 5.69 Å². The molecule has 0 saturated carbocycles. The lowest BCUT2D eigenvalue weighted by molar-refractivity contribution is 0.502. The van der Waals surface area contributed by atoms with Crippen LogP contribution in [-0.2, 0) is 0 Å². The van der Waals surface area contributed by atoms with Crippen molar-refractivity contribution in [3.63, 3.8) is 0 Å². The SMILES string of the molecule is CC(C)C1N=C(N)N=C(N)N1c1ccc(Cl)c(Cl)c1. The van der Waals surface area contributed by atoms with Crippen LogP contribution in [0.1, 0.15) is 13.8 Å². The number of guanidine groups is 2. The van der Waals surface area contributed by atoms with Gasteiger partial charge in [-0.25, -0.2) is 4.99 Å². The molecule has 0 fully saturated rings. The molecule has 2 rings (SSSR count). The third kappa shape index (κ3) is 2.77. The van der Waals surface area contributed by atoms with Crippen LogP contribution in [0.15, 0.2) is 28.2 Å². The molecule has 1 aromatic carbocycles. The summed E-state index contributed by atoms with van der Waals surface area (Å²) in [6.45, 7) is 4.06. The average Bonchev–Trinajstić information content (AvgIpc) is 2.32. The Hall–Kier alpha value is -1.46. The highest BCUT2D eigenvalue weighted by Crippen LogP contribution is 2.30. The van der Waals surface area contributed by atoms with Crippen molar-refractivity contribution in [2.75, 3.05) is 4.90 Å². The van der Waals surface area contributed by atoms with Gasteiger partial charge in [-0.1, -0.05) is 37.0 Å². The van der Waals surface area contributed by atoms with Crippen molar-refractivity contribution in [3.8, 4) is 0 Å². The van der Waals surface area contributed by atoms with E-state index in [9.17, 15) is 0 Å². The van der Waals surface area contributed by atoms with Gasteiger partial charge < -0.3 is 11.5 Å². The van der Waals surface area contributed by atoms with Crippen LogP contribution in [-0.4, -0.2) is 18.1 Å². The third-order valence-corrected chi connectivity index (χ3v) is 3.52. The molecular weight excluding hydrogens is 285 g/mol. The molecule has 1 aliphatic rings. The smallest absolute Gasteiger partial charge is 0.220 e. The van der Waals surface area contributed by atoms with E-state index in [1.807, 2.05) is 19.9 Å². The first-order chi connectivity index (χ1) is 8.90. The molecule has 7 heteroatoms. The van der Waals surface area contributed by atoms with Gasteiger partial charge in [0.1, 0.15) is 6.17 Å². The van der Waals surface area contributed by atoms with Crippen molar-refractivity contribution in [1.82, 2.24) is 0 Å². The second-order valence-corrected chi connectivity index (χ2v) is 5.40. The molecule has 0 aromatic heterocycles. The van der Waals surface area contributed by atoms with E-state index in [-0.39, 0.29) is 18.0 Å². The number of aliphatic imine (C=N–C) groups is 2. The largest absolute Gasteiger partial charge is 0.369 e. The van der Waals surface area contributed by atoms with Crippen LogP contribution in [0, 0.1) is 5.92 Å². The normalized spacial score (nSPS) is 19.4. The van der Waals surface area contributed by atoms with Crippen molar-refractivity contribution >= 4 is 40.8 Å². The minimum Gasteiger partial charge on any atom is -0.369 e. The van der Waals surface area contributed by atoms with Gasteiger partial charge in [0, 0.05) is 5.69 Å². The van der Waals surface area contributed by atoms with Crippen molar-refractivity contribution in [2.24, 2.45) is 27.4 Å². The Kier molecular flexibility index (Phi) is 3.87. The van der Waals surface area contributed by atoms with Gasteiger partial charge >= 0.3 is 0 Å². The summed E-state index contributed by atoms with van der Waals surface area (Å²) in [6, 6.07) is 5.27. The van der Waals surface area contributed by atoms with Gasteiger partial charge in [0.15, 0.2) is 0 Å². The molecule has 1 unspecified atom stereocenters. The van der Waals surface area contributed by atoms with Gasteiger partial charge in [-0.15, -0.1) is 0 Å². The van der Waals surface area contributed by atoms with E-state index < -0.39 is 0 Å². The molecule has 5 nitrogen and oxygen atoms in total. The van der Waals surface area contributed by atoms with Crippen LogP contribution in [0.2, 0.25) is 10.0 Å². The zero-order valence-electron chi connectivity index (χ0n) is 10.6. The fourth-order valence-corrected chi connectivity index (χ4v) is 2.19. The maximum Gasteiger partial charge on any atom is 0.220 e. The van der Waals surface area contributed by atoms with E-state index >= 15 is 0 Å². The summed E-state index contributed by atoms with van der Waals surface area (Å²) in [6.07, 6.45) is -0.213. The molecule has 0 aliphatic carbocycles. The summed E-state index contributed by atoms with van der Waals surface area (Å²) in [5.74, 6) is 0.694. The average molecular weight is 300 g/mol. The number of benzene rings is 1. The van der Waals surface area contributed by atoms with Crippen molar-refractivity contribution < 1.29 is 0 Å². The fraction of sp³-hybridized carbons (Fsp3) is 0.333. The second-order valence-electron chi connectivity index (χ2n) is 4.58. The molecule has 19 heavy (non-hydrogen) atoms. The lowest BCUT2D eigenvalue weighted by atomic mass is 10.1. The van der Waals surface area contributed by atoms with Crippen LogP contribution >= 0.6 is 23.2 Å². The van der Waals surface area contributed by atoms with Crippen molar-refractivity contribution in [1.29, 1.82) is 0 Å². The van der Waals surface area contributed by atoms with E-state index in [1.165, 1.54) is 0 Å². The van der Waals surface area contributed by atoms with Crippen LogP contribution < -0.4 is 16.4 Å². The highest BCUT2D eigenvalue weighted by atomic mass is 35.5. The number of halogens is 2. The fourth-order valence-electron chi connectivity index (χ4n) is 1.90. The Morgan fingerprint density at radius 3 is 2.47 bits per heavy atom. The van der Waals surface area contributed by atoms with Gasteiger partial charge in [0.25, 0.3) is 0 Å². The third-order valence-electron chi connectivity index (χ3n) is 2.78. The van der Waals surface area contributed by atoms with E-state index in [0.29, 0.717) is 16.0 Å². The summed E-state index contributed by atoms with van der Waals surface area (Å²) < 4.78 is 0. The van der Waals surface area contributed by atoms with Gasteiger partial charge in [0.2, 0.25) is 11.9 Å². The Bertz CT molecular complexity index is 553. The van der Waals surface area contributed by atoms with Gasteiger partial charge in [0.05, 0.1) is 10.0 Å². The van der Waals surface area contributed by atoms with Crippen LogP contribution in [0.5, 0.6) is 0 Å². The number of nitrogens with two attached hydrogens (primary N) is 2. The number of hydrogen-bond acceptors (Lipinski definition) is 5. The lowest BCUT2D eigenvalue weighted by Crippen LogP contribution is -2.50. The first-order valence-electron chi connectivity index (χ1n) is 5.82. The highest BCUT2D eigenvalue weighted by molar-refractivity contribution is 6.42. The van der Waals surface area contributed by atoms with E-state index in [4.69, 9.17) is 34.7 Å². The molecule has 0 bridgehead atoms. The molecule has 0 amide bonds. The zero-order chi connectivity index (χ0) is 14.2. The Balaban J connectivity index is 2.46. The Morgan fingerprint density at radius 2 is 1.89 bits per heavy atom. The van der Waals surface area contributed by atoms with Gasteiger partial charge in [-0.2, -0.15) is 4.99 Å². The molecule has 1 atom stereocenters. The maximum atomic E-state index is 6.04. The molecular formula is C12H15Cl2N5. The van der Waals surface area contributed by atoms with Crippen LogP contribution in [0.4, 0.5) is 5.69 Å². The van der Waals surface area contributed by atoms with Gasteiger partial charge in [-0.3, -0.25) is 4.90 Å². The monoisotopic (exact) mass is 299 g/mol. The maximum absolute atomic E-state index is 6.04. The van der Waals surface area contributed by atoms with Crippen molar-refractivity contribution in [3.05, 3.63) is 28.2 Å². The molecule has 0 spiro atoms. The van der Waals surface area contributed by atoms with E-state index in [2.05, 4.69) is 9.98 Å². The molecule has 1 aromatic rings. The summed E-state index contributed by atoms with van der Waals surface area (Å²) >= 11 is 12.0. The minimum absolute atomic E-state index is 0.188. The summed E-state index contributed by atoms with van der Waals surface area (Å²) in [5, 5.41) is 0.944. The number of anilines is 1. The molecule has 4 N–H and O–H groups in total.